The number of fused-ring (bicyclic) bond motifs is 1. The van der Waals surface area contributed by atoms with Crippen molar-refractivity contribution in [1.82, 2.24) is 9.97 Å². The van der Waals surface area contributed by atoms with Crippen LogP contribution in [0, 0.1) is 0 Å². The number of ether oxygens (including phenoxy) is 1. The predicted octanol–water partition coefficient (Wildman–Crippen LogP) is 4.18. The Hall–Kier alpha value is -1.94. The molecule has 3 aromatic rings. The van der Waals surface area contributed by atoms with Gasteiger partial charge in [-0.05, 0) is 36.4 Å². The summed E-state index contributed by atoms with van der Waals surface area (Å²) in [5, 5.41) is 0. The molecule has 2 aromatic carbocycles. The van der Waals surface area contributed by atoms with Gasteiger partial charge in [0.1, 0.15) is 5.75 Å². The molecule has 0 saturated heterocycles. The lowest BCUT2D eigenvalue weighted by Gasteiger charge is -2.05. The monoisotopic (exact) mass is 300 g/mol. The van der Waals surface area contributed by atoms with Crippen LogP contribution < -0.4 is 4.74 Å². The summed E-state index contributed by atoms with van der Waals surface area (Å²) in [5.74, 6) is 1.24. The van der Waals surface area contributed by atoms with Crippen molar-refractivity contribution in [3.63, 3.8) is 0 Å². The van der Waals surface area contributed by atoms with Crippen molar-refractivity contribution in [3.8, 4) is 11.6 Å². The van der Waals surface area contributed by atoms with Crippen molar-refractivity contribution < 1.29 is 4.74 Å². The first-order valence-electron chi connectivity index (χ1n) is 5.46. The molecule has 0 aliphatic carbocycles. The van der Waals surface area contributed by atoms with Gasteiger partial charge in [0, 0.05) is 4.47 Å². The van der Waals surface area contributed by atoms with Gasteiger partial charge in [-0.2, -0.15) is 0 Å². The molecule has 1 heterocycles. The second-order valence-electron chi connectivity index (χ2n) is 3.75. The standard InChI is InChI=1S/C14H9BrN2O/c15-10-5-7-11(8-6-10)18-14-9-16-12-3-1-2-4-13(12)17-14/h1-9H. The second-order valence-corrected chi connectivity index (χ2v) is 4.67. The molecule has 0 spiro atoms. The largest absolute Gasteiger partial charge is 0.437 e. The summed E-state index contributed by atoms with van der Waals surface area (Å²) in [6, 6.07) is 15.3. The molecule has 18 heavy (non-hydrogen) atoms. The lowest BCUT2D eigenvalue weighted by atomic mass is 10.3. The zero-order chi connectivity index (χ0) is 12.4. The minimum Gasteiger partial charge on any atom is -0.437 e. The SMILES string of the molecule is Brc1ccc(Oc2cnc3ccccc3n2)cc1. The van der Waals surface area contributed by atoms with Gasteiger partial charge in [-0.1, -0.05) is 28.1 Å². The summed E-state index contributed by atoms with van der Waals surface area (Å²) in [5.41, 5.74) is 1.69. The van der Waals surface area contributed by atoms with Crippen LogP contribution in [-0.2, 0) is 0 Å². The van der Waals surface area contributed by atoms with Crippen LogP contribution in [-0.4, -0.2) is 9.97 Å². The molecular formula is C14H9BrN2O. The Balaban J connectivity index is 1.92. The van der Waals surface area contributed by atoms with Gasteiger partial charge in [-0.15, -0.1) is 0 Å². The van der Waals surface area contributed by atoms with Gasteiger partial charge in [0.25, 0.3) is 0 Å². The summed E-state index contributed by atoms with van der Waals surface area (Å²) < 4.78 is 6.66. The van der Waals surface area contributed by atoms with E-state index in [0.717, 1.165) is 21.3 Å². The van der Waals surface area contributed by atoms with Crippen molar-refractivity contribution in [1.29, 1.82) is 0 Å². The Morgan fingerprint density at radius 3 is 2.39 bits per heavy atom. The first-order valence-corrected chi connectivity index (χ1v) is 6.26. The lowest BCUT2D eigenvalue weighted by Crippen LogP contribution is -1.90. The van der Waals surface area contributed by atoms with Gasteiger partial charge in [-0.3, -0.25) is 0 Å². The van der Waals surface area contributed by atoms with Gasteiger partial charge >= 0.3 is 0 Å². The van der Waals surface area contributed by atoms with Crippen LogP contribution in [0.15, 0.2) is 59.2 Å². The first-order chi connectivity index (χ1) is 8.81. The molecular weight excluding hydrogens is 292 g/mol. The molecule has 0 radical (unpaired) electrons. The minimum absolute atomic E-state index is 0.496. The number of nitrogens with zero attached hydrogens (tertiary/aromatic N) is 2. The van der Waals surface area contributed by atoms with E-state index in [1.54, 1.807) is 6.20 Å². The maximum atomic E-state index is 5.65. The molecule has 0 bridgehead atoms. The number of rotatable bonds is 2. The number of para-hydroxylation sites is 2. The summed E-state index contributed by atoms with van der Waals surface area (Å²) >= 11 is 3.38. The van der Waals surface area contributed by atoms with Gasteiger partial charge in [0.05, 0.1) is 17.2 Å². The maximum absolute atomic E-state index is 5.65. The summed E-state index contributed by atoms with van der Waals surface area (Å²) in [4.78, 5) is 8.69. The highest BCUT2D eigenvalue weighted by Gasteiger charge is 2.01. The fraction of sp³-hybridized carbons (Fsp3) is 0. The van der Waals surface area contributed by atoms with Gasteiger partial charge in [-0.25, -0.2) is 9.97 Å². The Kier molecular flexibility index (Phi) is 2.94. The van der Waals surface area contributed by atoms with E-state index in [1.807, 2.05) is 48.5 Å². The van der Waals surface area contributed by atoms with Crippen LogP contribution in [0.1, 0.15) is 0 Å². The quantitative estimate of drug-likeness (QED) is 0.712. The number of aromatic nitrogens is 2. The molecule has 1 aromatic heterocycles. The lowest BCUT2D eigenvalue weighted by molar-refractivity contribution is 0.462. The average molecular weight is 301 g/mol. The molecule has 0 fully saturated rings. The molecule has 88 valence electrons. The van der Waals surface area contributed by atoms with E-state index in [4.69, 9.17) is 4.74 Å². The number of halogens is 1. The maximum Gasteiger partial charge on any atom is 0.238 e. The molecule has 3 rings (SSSR count). The Morgan fingerprint density at radius 1 is 0.889 bits per heavy atom. The summed E-state index contributed by atoms with van der Waals surface area (Å²) in [6.07, 6.45) is 1.63. The first kappa shape index (κ1) is 11.2. The van der Waals surface area contributed by atoms with Crippen molar-refractivity contribution >= 4 is 27.0 Å². The molecule has 0 saturated carbocycles. The fourth-order valence-electron chi connectivity index (χ4n) is 1.61. The molecule has 0 atom stereocenters. The number of hydrogen-bond donors (Lipinski definition) is 0. The van der Waals surface area contributed by atoms with Crippen LogP contribution in [0.4, 0.5) is 0 Å². The molecule has 4 heteroatoms. The molecule has 0 amide bonds. The van der Waals surface area contributed by atoms with Crippen LogP contribution in [0.3, 0.4) is 0 Å². The highest BCUT2D eigenvalue weighted by atomic mass is 79.9. The summed E-state index contributed by atoms with van der Waals surface area (Å²) in [7, 11) is 0. The van der Waals surface area contributed by atoms with Gasteiger partial charge in [0.15, 0.2) is 0 Å². The van der Waals surface area contributed by atoms with Gasteiger partial charge in [0.2, 0.25) is 5.88 Å². The minimum atomic E-state index is 0.496. The Morgan fingerprint density at radius 2 is 1.61 bits per heavy atom. The van der Waals surface area contributed by atoms with E-state index in [1.165, 1.54) is 0 Å². The van der Waals surface area contributed by atoms with E-state index in [2.05, 4.69) is 25.9 Å². The van der Waals surface area contributed by atoms with Crippen LogP contribution in [0.25, 0.3) is 11.0 Å². The summed E-state index contributed by atoms with van der Waals surface area (Å²) in [6.45, 7) is 0. The third kappa shape index (κ3) is 2.33. The third-order valence-corrected chi connectivity index (χ3v) is 2.99. The molecule has 0 unspecified atom stereocenters. The number of benzene rings is 2. The van der Waals surface area contributed by atoms with E-state index >= 15 is 0 Å². The highest BCUT2D eigenvalue weighted by Crippen LogP contribution is 2.22. The van der Waals surface area contributed by atoms with Crippen molar-refractivity contribution in [2.45, 2.75) is 0 Å². The normalized spacial score (nSPS) is 10.5. The van der Waals surface area contributed by atoms with Crippen LogP contribution in [0.2, 0.25) is 0 Å². The molecule has 0 aliphatic heterocycles. The van der Waals surface area contributed by atoms with E-state index < -0.39 is 0 Å². The molecule has 0 aliphatic rings. The Labute approximate surface area is 113 Å². The van der Waals surface area contributed by atoms with Gasteiger partial charge < -0.3 is 4.74 Å². The predicted molar refractivity (Wildman–Crippen MR) is 73.8 cm³/mol. The topological polar surface area (TPSA) is 35.0 Å². The molecule has 0 N–H and O–H groups in total. The van der Waals surface area contributed by atoms with Crippen molar-refractivity contribution in [2.24, 2.45) is 0 Å². The van der Waals surface area contributed by atoms with E-state index in [0.29, 0.717) is 5.88 Å². The van der Waals surface area contributed by atoms with E-state index in [9.17, 15) is 0 Å². The van der Waals surface area contributed by atoms with E-state index in [-0.39, 0.29) is 0 Å². The van der Waals surface area contributed by atoms with Crippen LogP contribution >= 0.6 is 15.9 Å². The zero-order valence-electron chi connectivity index (χ0n) is 9.38. The van der Waals surface area contributed by atoms with Crippen molar-refractivity contribution in [2.75, 3.05) is 0 Å². The average Bonchev–Trinajstić information content (AvgIpc) is 2.41. The number of hydrogen-bond acceptors (Lipinski definition) is 3. The molecule has 3 nitrogen and oxygen atoms in total. The smallest absolute Gasteiger partial charge is 0.238 e. The van der Waals surface area contributed by atoms with Crippen LogP contribution in [0.5, 0.6) is 11.6 Å². The zero-order valence-corrected chi connectivity index (χ0v) is 11.0. The second kappa shape index (κ2) is 4.74. The third-order valence-electron chi connectivity index (χ3n) is 2.46. The highest BCUT2D eigenvalue weighted by molar-refractivity contribution is 9.10. The fourth-order valence-corrected chi connectivity index (χ4v) is 1.88. The Bertz CT molecular complexity index is 683. The van der Waals surface area contributed by atoms with Crippen molar-refractivity contribution in [3.05, 3.63) is 59.2 Å².